The van der Waals surface area contributed by atoms with E-state index in [2.05, 4.69) is 21.7 Å². The molecule has 38 heavy (non-hydrogen) atoms. The lowest BCUT2D eigenvalue weighted by Gasteiger charge is -2.19. The van der Waals surface area contributed by atoms with E-state index in [-0.39, 0.29) is 23.9 Å². The molecule has 11 nitrogen and oxygen atoms in total. The lowest BCUT2D eigenvalue weighted by molar-refractivity contribution is 0.0624. The van der Waals surface area contributed by atoms with Crippen LogP contribution in [0.1, 0.15) is 66.4 Å². The van der Waals surface area contributed by atoms with Crippen molar-refractivity contribution >= 4 is 47.8 Å². The van der Waals surface area contributed by atoms with E-state index in [1.807, 2.05) is 0 Å². The number of carbonyl (C=O) groups is 4. The third-order valence-electron chi connectivity index (χ3n) is 3.80. The highest BCUT2D eigenvalue weighted by atomic mass is 35.5. The highest BCUT2D eigenvalue weighted by Crippen LogP contribution is 2.14. The molecule has 3 amide bonds. The summed E-state index contributed by atoms with van der Waals surface area (Å²) in [5.41, 5.74) is 5.03. The zero-order valence-corrected chi connectivity index (χ0v) is 23.3. The molecule has 12 heteroatoms. The molecule has 0 fully saturated rings. The van der Waals surface area contributed by atoms with Gasteiger partial charge < -0.3 is 25.6 Å². The monoisotopic (exact) mass is 557 g/mol. The highest BCUT2D eigenvalue weighted by molar-refractivity contribution is 5.95. The van der Waals surface area contributed by atoms with Crippen LogP contribution in [-0.2, 0) is 9.47 Å². The van der Waals surface area contributed by atoms with E-state index < -0.39 is 36.3 Å². The molecule has 0 heterocycles. The van der Waals surface area contributed by atoms with Crippen LogP contribution in [0.2, 0.25) is 0 Å². The molecule has 0 aliphatic carbocycles. The lowest BCUT2D eigenvalue weighted by atomic mass is 10.2. The van der Waals surface area contributed by atoms with Crippen molar-refractivity contribution in [1.29, 1.82) is 0 Å². The number of carbonyl (C=O) groups excluding carboxylic acids is 3. The number of nitrogens with one attached hydrogen (secondary N) is 3. The fourth-order valence-corrected chi connectivity index (χ4v) is 2.39. The topological polar surface area (TPSA) is 169 Å². The van der Waals surface area contributed by atoms with Crippen molar-refractivity contribution in [2.45, 2.75) is 52.7 Å². The lowest BCUT2D eigenvalue weighted by Crippen LogP contribution is -2.27. The number of nitrogens with two attached hydrogens (primary N) is 1. The van der Waals surface area contributed by atoms with E-state index >= 15 is 0 Å². The summed E-state index contributed by atoms with van der Waals surface area (Å²) in [4.78, 5) is 44.8. The Morgan fingerprint density at radius 1 is 0.763 bits per heavy atom. The van der Waals surface area contributed by atoms with E-state index in [1.54, 1.807) is 72.9 Å². The number of benzene rings is 2. The Kier molecular flexibility index (Phi) is 13.5. The van der Waals surface area contributed by atoms with E-state index in [4.69, 9.17) is 18.7 Å². The molecule has 0 bridgehead atoms. The van der Waals surface area contributed by atoms with E-state index in [0.29, 0.717) is 16.9 Å². The molecule has 6 N–H and O–H groups in total. The van der Waals surface area contributed by atoms with Crippen molar-refractivity contribution in [3.05, 3.63) is 59.7 Å². The van der Waals surface area contributed by atoms with Crippen LogP contribution in [0.4, 0.5) is 21.0 Å². The SMILES string of the molecule is CC(C)(C)OC(=O)Nc1ccc(C(=O)O)cc1.CNC(=O)c1ccc(NC(=O)OC(C)(C)C)cc1.Cl.[2H]C([2H])([2H])N. The average Bonchev–Trinajstić information content (AvgIpc) is 2.76. The van der Waals surface area contributed by atoms with Crippen LogP contribution < -0.4 is 21.7 Å². The van der Waals surface area contributed by atoms with Crippen molar-refractivity contribution < 1.29 is 37.9 Å². The Labute approximate surface area is 234 Å². The maximum Gasteiger partial charge on any atom is 0.412 e. The van der Waals surface area contributed by atoms with E-state index in [9.17, 15) is 19.2 Å². The van der Waals surface area contributed by atoms with Crippen LogP contribution in [-0.4, -0.2) is 54.4 Å². The maximum absolute atomic E-state index is 11.5. The minimum Gasteiger partial charge on any atom is -0.478 e. The molecule has 0 saturated heterocycles. The Hall–Kier alpha value is -3.83. The molecule has 0 atom stereocenters. The standard InChI is InChI=1S/C13H18N2O3.C12H15NO4.CH5N.ClH/c1-13(2,3)18-12(17)15-10-7-5-9(6-8-10)11(16)14-4;1-12(2,3)17-11(16)13-9-6-4-8(5-7-9)10(14)15;1-2;/h5-8H,1-4H3,(H,14,16)(H,15,17);4-7H,1-3H3,(H,13,16)(H,14,15);2H2,1H3;1H/i;;1D3;. The summed E-state index contributed by atoms with van der Waals surface area (Å²) in [5, 5.41) is 16.3. The smallest absolute Gasteiger partial charge is 0.412 e. The Morgan fingerprint density at radius 3 is 1.34 bits per heavy atom. The minimum absolute atomic E-state index is 0. The number of amides is 3. The van der Waals surface area contributed by atoms with E-state index in [0.717, 1.165) is 0 Å². The molecule has 0 aromatic heterocycles. The second kappa shape index (κ2) is 16.8. The van der Waals surface area contributed by atoms with Crippen molar-refractivity contribution in [1.82, 2.24) is 5.32 Å². The van der Waals surface area contributed by atoms with Crippen LogP contribution in [0.5, 0.6) is 0 Å². The summed E-state index contributed by atoms with van der Waals surface area (Å²) in [6.07, 6.45) is -1.09. The van der Waals surface area contributed by atoms with Crippen LogP contribution in [0.15, 0.2) is 48.5 Å². The van der Waals surface area contributed by atoms with Gasteiger partial charge in [0.2, 0.25) is 0 Å². The van der Waals surface area contributed by atoms with Crippen LogP contribution in [0, 0.1) is 0 Å². The number of hydrogen-bond acceptors (Lipinski definition) is 7. The van der Waals surface area contributed by atoms with Crippen LogP contribution in [0.3, 0.4) is 0 Å². The van der Waals surface area contributed by atoms with Gasteiger partial charge in [-0.25, -0.2) is 14.4 Å². The van der Waals surface area contributed by atoms with Gasteiger partial charge in [0.1, 0.15) is 11.2 Å². The van der Waals surface area contributed by atoms with Gasteiger partial charge in [-0.05, 0) is 97.0 Å². The number of carboxylic acid groups (broad SMARTS) is 1. The van der Waals surface area contributed by atoms with Crippen molar-refractivity contribution in [2.75, 3.05) is 24.7 Å². The Bertz CT molecular complexity index is 1120. The van der Waals surface area contributed by atoms with Gasteiger partial charge in [0.25, 0.3) is 5.91 Å². The number of aromatic carboxylic acids is 1. The molecule has 0 radical (unpaired) electrons. The molecular formula is C26H39ClN4O7. The van der Waals surface area contributed by atoms with Gasteiger partial charge >= 0.3 is 18.2 Å². The largest absolute Gasteiger partial charge is 0.478 e. The first-order chi connectivity index (χ1) is 18.1. The minimum atomic E-state index is -2.25. The summed E-state index contributed by atoms with van der Waals surface area (Å²) in [5.74, 6) is -1.17. The van der Waals surface area contributed by atoms with E-state index in [1.165, 1.54) is 24.3 Å². The quantitative estimate of drug-likeness (QED) is 0.345. The van der Waals surface area contributed by atoms with Gasteiger partial charge in [0.15, 0.2) is 0 Å². The number of halogens is 1. The second-order valence-electron chi connectivity index (χ2n) is 9.29. The summed E-state index contributed by atoms with van der Waals surface area (Å²) in [6.45, 7) is 8.42. The number of rotatable bonds is 4. The summed E-state index contributed by atoms with van der Waals surface area (Å²) < 4.78 is 28.3. The maximum atomic E-state index is 11.5. The Morgan fingerprint density at radius 2 is 1.08 bits per heavy atom. The van der Waals surface area contributed by atoms with Gasteiger partial charge in [0.05, 0.1) is 5.56 Å². The van der Waals surface area contributed by atoms with Crippen molar-refractivity contribution in [2.24, 2.45) is 5.73 Å². The molecule has 0 aliphatic rings. The predicted octanol–water partition coefficient (Wildman–Crippen LogP) is 5.12. The third-order valence-corrected chi connectivity index (χ3v) is 3.80. The third kappa shape index (κ3) is 16.0. The average molecular weight is 558 g/mol. The fourth-order valence-electron chi connectivity index (χ4n) is 2.39. The summed E-state index contributed by atoms with van der Waals surface area (Å²) >= 11 is 0. The van der Waals surface area contributed by atoms with Gasteiger partial charge in [-0.2, -0.15) is 0 Å². The molecule has 2 rings (SSSR count). The predicted molar refractivity (Wildman–Crippen MR) is 150 cm³/mol. The van der Waals surface area contributed by atoms with Gasteiger partial charge in [-0.15, -0.1) is 12.4 Å². The molecule has 2 aromatic rings. The highest BCUT2D eigenvalue weighted by Gasteiger charge is 2.17. The first-order valence-electron chi connectivity index (χ1n) is 12.5. The number of carboxylic acids is 1. The molecule has 0 unspecified atom stereocenters. The molecule has 0 spiro atoms. The second-order valence-corrected chi connectivity index (χ2v) is 9.29. The zero-order valence-electron chi connectivity index (χ0n) is 25.5. The zero-order chi connectivity index (χ0) is 31.3. The van der Waals surface area contributed by atoms with Crippen molar-refractivity contribution in [3.8, 4) is 0 Å². The molecule has 0 saturated carbocycles. The van der Waals surface area contributed by atoms with Crippen LogP contribution >= 0.6 is 12.4 Å². The number of hydrogen-bond donors (Lipinski definition) is 5. The Balaban J connectivity index is 0. The normalized spacial score (nSPS) is 11.5. The number of anilines is 2. The van der Waals surface area contributed by atoms with Crippen LogP contribution in [0.25, 0.3) is 0 Å². The molecule has 0 aliphatic heterocycles. The summed E-state index contributed by atoms with van der Waals surface area (Å²) in [6, 6.07) is 12.4. The molecule has 212 valence electrons. The molecule has 2 aromatic carbocycles. The molecular weight excluding hydrogens is 516 g/mol. The van der Waals surface area contributed by atoms with Gasteiger partial charge in [-0.1, -0.05) is 0 Å². The fraction of sp³-hybridized carbons (Fsp3) is 0.385. The van der Waals surface area contributed by atoms with Gasteiger partial charge in [0, 0.05) is 28.1 Å². The first kappa shape index (κ1) is 30.4. The number of ether oxygens (including phenoxy) is 2. The van der Waals surface area contributed by atoms with Crippen molar-refractivity contribution in [3.63, 3.8) is 0 Å². The van der Waals surface area contributed by atoms with Gasteiger partial charge in [-0.3, -0.25) is 15.4 Å². The first-order valence-corrected chi connectivity index (χ1v) is 11.0. The summed E-state index contributed by atoms with van der Waals surface area (Å²) in [7, 11) is 1.56.